The first-order valence-electron chi connectivity index (χ1n) is 9.87. The lowest BCUT2D eigenvalue weighted by atomic mass is 10.2. The number of carbonyl (C=O) groups excluding carboxylic acids is 1. The van der Waals surface area contributed by atoms with Gasteiger partial charge >= 0.3 is 24.1 Å². The minimum atomic E-state index is -5.08. The Hall–Kier alpha value is -3.51. The Labute approximate surface area is 196 Å². The molecule has 182 valence electrons. The molecule has 1 atom stereocenters. The van der Waals surface area contributed by atoms with Gasteiger partial charge in [0.1, 0.15) is 11.5 Å². The molecule has 2 saturated heterocycles. The van der Waals surface area contributed by atoms with E-state index < -0.39 is 18.1 Å². The number of carbonyl (C=O) groups is 3. The summed E-state index contributed by atoms with van der Waals surface area (Å²) in [6, 6.07) is 11.9. The number of alkyl halides is 3. The van der Waals surface area contributed by atoms with E-state index in [1.165, 1.54) is 12.1 Å². The zero-order valence-corrected chi connectivity index (χ0v) is 18.1. The molecule has 0 radical (unpaired) electrons. The van der Waals surface area contributed by atoms with E-state index in [1.54, 1.807) is 23.1 Å². The largest absolute Gasteiger partial charge is 0.490 e. The number of anilines is 1. The zero-order valence-electron chi connectivity index (χ0n) is 17.4. The maximum absolute atomic E-state index is 12.6. The molecule has 2 aromatic carbocycles. The Balaban J connectivity index is 0.000000406. The molecule has 0 spiro atoms. The molecule has 3 N–H and O–H groups in total. The zero-order chi connectivity index (χ0) is 25.0. The topological polar surface area (TPSA) is 119 Å². The number of piperazine rings is 1. The molecule has 34 heavy (non-hydrogen) atoms. The first-order valence-corrected chi connectivity index (χ1v) is 10.2. The second kappa shape index (κ2) is 10.2. The van der Waals surface area contributed by atoms with Crippen LogP contribution in [0, 0.1) is 0 Å². The number of benzene rings is 2. The number of carboxylic acid groups (broad SMARTS) is 2. The maximum atomic E-state index is 12.6. The number of hydrogen-bond donors (Lipinski definition) is 3. The van der Waals surface area contributed by atoms with Gasteiger partial charge < -0.3 is 25.2 Å². The van der Waals surface area contributed by atoms with Gasteiger partial charge in [-0.2, -0.15) is 13.2 Å². The van der Waals surface area contributed by atoms with Crippen LogP contribution in [0.5, 0.6) is 11.5 Å². The van der Waals surface area contributed by atoms with Crippen molar-refractivity contribution < 1.29 is 42.5 Å². The van der Waals surface area contributed by atoms with E-state index in [9.17, 15) is 22.8 Å². The summed E-state index contributed by atoms with van der Waals surface area (Å²) in [5.74, 6) is -2.83. The molecule has 2 aliphatic heterocycles. The summed E-state index contributed by atoms with van der Waals surface area (Å²) in [5.41, 5.74) is 0.846. The van der Waals surface area contributed by atoms with Gasteiger partial charge in [0, 0.05) is 37.9 Å². The SMILES string of the molecule is O=C(O)C(F)(F)F.O=C(O)c1ccc(Oc2ccc(N3C[C@@H]4CNCCN4C3=O)cc2)cc1Cl. The highest BCUT2D eigenvalue weighted by atomic mass is 35.5. The molecule has 0 saturated carbocycles. The number of nitrogens with one attached hydrogen (secondary N) is 1. The Bertz CT molecular complexity index is 1080. The second-order valence-electron chi connectivity index (χ2n) is 7.29. The van der Waals surface area contributed by atoms with Gasteiger partial charge in [-0.25, -0.2) is 14.4 Å². The summed E-state index contributed by atoms with van der Waals surface area (Å²) in [5, 5.41) is 19.6. The molecule has 2 aliphatic rings. The number of rotatable bonds is 4. The Morgan fingerprint density at radius 2 is 1.71 bits per heavy atom. The van der Waals surface area contributed by atoms with E-state index in [0.717, 1.165) is 25.3 Å². The summed E-state index contributed by atoms with van der Waals surface area (Å²) in [6.45, 7) is 3.04. The van der Waals surface area contributed by atoms with Crippen LogP contribution in [-0.2, 0) is 4.79 Å². The number of nitrogens with zero attached hydrogens (tertiary/aromatic N) is 2. The van der Waals surface area contributed by atoms with Crippen LogP contribution in [0.25, 0.3) is 0 Å². The van der Waals surface area contributed by atoms with E-state index in [-0.39, 0.29) is 22.7 Å². The number of urea groups is 1. The van der Waals surface area contributed by atoms with Crippen molar-refractivity contribution in [1.29, 1.82) is 0 Å². The summed E-state index contributed by atoms with van der Waals surface area (Å²) in [6.07, 6.45) is -5.08. The average molecular weight is 502 g/mol. The van der Waals surface area contributed by atoms with Crippen molar-refractivity contribution in [3.8, 4) is 11.5 Å². The van der Waals surface area contributed by atoms with Crippen molar-refractivity contribution >= 4 is 35.3 Å². The summed E-state index contributed by atoms with van der Waals surface area (Å²) >= 11 is 5.96. The fourth-order valence-electron chi connectivity index (χ4n) is 3.40. The van der Waals surface area contributed by atoms with Gasteiger partial charge in [0.25, 0.3) is 0 Å². The Morgan fingerprint density at radius 1 is 1.09 bits per heavy atom. The second-order valence-corrected chi connectivity index (χ2v) is 7.70. The van der Waals surface area contributed by atoms with Gasteiger partial charge in [0.2, 0.25) is 0 Å². The van der Waals surface area contributed by atoms with Gasteiger partial charge in [-0.1, -0.05) is 11.6 Å². The summed E-state index contributed by atoms with van der Waals surface area (Å²) < 4.78 is 37.5. The molecule has 13 heteroatoms. The van der Waals surface area contributed by atoms with E-state index in [0.29, 0.717) is 18.0 Å². The van der Waals surface area contributed by atoms with Crippen molar-refractivity contribution in [3.63, 3.8) is 0 Å². The molecule has 4 rings (SSSR count). The minimum absolute atomic E-state index is 0.0258. The molecular formula is C21H19ClF3N3O6. The van der Waals surface area contributed by atoms with Crippen LogP contribution < -0.4 is 15.0 Å². The number of aliphatic carboxylic acids is 1. The predicted octanol–water partition coefficient (Wildman–Crippen LogP) is 3.68. The first-order chi connectivity index (χ1) is 16.0. The molecule has 0 unspecified atom stereocenters. The number of halogens is 4. The van der Waals surface area contributed by atoms with Gasteiger partial charge in [-0.05, 0) is 36.4 Å². The normalized spacial score (nSPS) is 17.5. The maximum Gasteiger partial charge on any atom is 0.490 e. The molecule has 2 amide bonds. The highest BCUT2D eigenvalue weighted by Gasteiger charge is 2.39. The number of fused-ring (bicyclic) bond motifs is 1. The van der Waals surface area contributed by atoms with Crippen LogP contribution in [0.3, 0.4) is 0 Å². The third kappa shape index (κ3) is 5.88. The van der Waals surface area contributed by atoms with Crippen LogP contribution in [0.4, 0.5) is 23.7 Å². The third-order valence-corrected chi connectivity index (χ3v) is 5.33. The highest BCUT2D eigenvalue weighted by Crippen LogP contribution is 2.30. The van der Waals surface area contributed by atoms with Gasteiger partial charge in [-0.15, -0.1) is 0 Å². The Morgan fingerprint density at radius 3 is 2.24 bits per heavy atom. The molecular weight excluding hydrogens is 483 g/mol. The number of carboxylic acids is 2. The van der Waals surface area contributed by atoms with Crippen LogP contribution in [0.1, 0.15) is 10.4 Å². The van der Waals surface area contributed by atoms with Crippen LogP contribution in [-0.4, -0.2) is 71.5 Å². The monoisotopic (exact) mass is 501 g/mol. The van der Waals surface area contributed by atoms with Crippen molar-refractivity contribution in [2.45, 2.75) is 12.2 Å². The fourth-order valence-corrected chi connectivity index (χ4v) is 3.65. The average Bonchev–Trinajstić information content (AvgIpc) is 3.11. The van der Waals surface area contributed by atoms with Crippen molar-refractivity contribution in [2.24, 2.45) is 0 Å². The van der Waals surface area contributed by atoms with Gasteiger partial charge in [-0.3, -0.25) is 4.90 Å². The Kier molecular flexibility index (Phi) is 7.52. The van der Waals surface area contributed by atoms with E-state index in [2.05, 4.69) is 5.32 Å². The van der Waals surface area contributed by atoms with Crippen LogP contribution in [0.2, 0.25) is 5.02 Å². The highest BCUT2D eigenvalue weighted by molar-refractivity contribution is 6.33. The number of ether oxygens (including phenoxy) is 1. The van der Waals surface area contributed by atoms with Crippen molar-refractivity contribution in [3.05, 3.63) is 53.1 Å². The van der Waals surface area contributed by atoms with Gasteiger partial charge in [0.05, 0.1) is 16.6 Å². The molecule has 2 fully saturated rings. The standard InChI is InChI=1S/C19H18ClN3O4.C2HF3O2/c20-17-9-15(5-6-16(17)18(24)25)27-14-3-1-12(2-4-14)23-11-13-10-21-7-8-22(13)19(23)26;3-2(4,5)1(6)7/h1-6,9,13,21H,7-8,10-11H2,(H,24,25);(H,6,7)/t13-;/m0./s1. The lowest BCUT2D eigenvalue weighted by Gasteiger charge is -2.28. The van der Waals surface area contributed by atoms with Gasteiger partial charge in [0.15, 0.2) is 0 Å². The van der Waals surface area contributed by atoms with E-state index in [4.69, 9.17) is 31.3 Å². The summed E-state index contributed by atoms with van der Waals surface area (Å²) in [4.78, 5) is 36.2. The molecule has 2 heterocycles. The van der Waals surface area contributed by atoms with Crippen molar-refractivity contribution in [1.82, 2.24) is 10.2 Å². The molecule has 2 aromatic rings. The number of amides is 2. The van der Waals surface area contributed by atoms with E-state index >= 15 is 0 Å². The van der Waals surface area contributed by atoms with Crippen LogP contribution in [0.15, 0.2) is 42.5 Å². The fraction of sp³-hybridized carbons (Fsp3) is 0.286. The molecule has 9 nitrogen and oxygen atoms in total. The molecule has 0 bridgehead atoms. The smallest absolute Gasteiger partial charge is 0.478 e. The molecule has 0 aromatic heterocycles. The first kappa shape index (κ1) is 25.1. The van der Waals surface area contributed by atoms with E-state index in [1.807, 2.05) is 17.0 Å². The predicted molar refractivity (Wildman–Crippen MR) is 115 cm³/mol. The van der Waals surface area contributed by atoms with Crippen molar-refractivity contribution in [2.75, 3.05) is 31.1 Å². The number of aromatic carboxylic acids is 1. The minimum Gasteiger partial charge on any atom is -0.478 e. The van der Waals surface area contributed by atoms with Crippen LogP contribution >= 0.6 is 11.6 Å². The number of hydrogen-bond acceptors (Lipinski definition) is 5. The lowest BCUT2D eigenvalue weighted by molar-refractivity contribution is -0.192. The quantitative estimate of drug-likeness (QED) is 0.584. The third-order valence-electron chi connectivity index (χ3n) is 5.02. The summed E-state index contributed by atoms with van der Waals surface area (Å²) in [7, 11) is 0. The molecule has 0 aliphatic carbocycles. The lowest BCUT2D eigenvalue weighted by Crippen LogP contribution is -2.49.